The molecule has 0 spiro atoms. The molecule has 2 N–H and O–H groups in total. The smallest absolute Gasteiger partial charge is 0.0317 e. The normalized spacial score (nSPS) is 11.2. The van der Waals surface area contributed by atoms with E-state index < -0.39 is 0 Å². The standard InChI is InChI=1S/C9H12BrNS/c10-8-5-7-12-9(8)4-2-1-3-6-11/h1-2,5,7H,3-4,6,11H2. The van der Waals surface area contributed by atoms with Gasteiger partial charge in [-0.2, -0.15) is 0 Å². The molecular weight excluding hydrogens is 234 g/mol. The van der Waals surface area contributed by atoms with Gasteiger partial charge in [0, 0.05) is 15.8 Å². The maximum Gasteiger partial charge on any atom is 0.0317 e. The average molecular weight is 246 g/mol. The Hall–Kier alpha value is -0.120. The lowest BCUT2D eigenvalue weighted by Gasteiger charge is -1.90. The summed E-state index contributed by atoms with van der Waals surface area (Å²) in [5, 5.41) is 2.09. The molecule has 1 nitrogen and oxygen atoms in total. The Morgan fingerprint density at radius 2 is 2.33 bits per heavy atom. The van der Waals surface area contributed by atoms with Crippen molar-refractivity contribution in [2.75, 3.05) is 6.54 Å². The number of halogens is 1. The second-order valence-corrected chi connectivity index (χ2v) is 4.30. The third-order valence-corrected chi connectivity index (χ3v) is 3.44. The summed E-state index contributed by atoms with van der Waals surface area (Å²) in [6.45, 7) is 0.738. The van der Waals surface area contributed by atoms with Gasteiger partial charge in [0.15, 0.2) is 0 Å². The zero-order chi connectivity index (χ0) is 8.81. The van der Waals surface area contributed by atoms with Crippen LogP contribution in [0, 0.1) is 0 Å². The first-order valence-corrected chi connectivity index (χ1v) is 5.59. The Morgan fingerprint density at radius 1 is 1.50 bits per heavy atom. The molecule has 0 atom stereocenters. The predicted molar refractivity (Wildman–Crippen MR) is 58.5 cm³/mol. The van der Waals surface area contributed by atoms with Crippen molar-refractivity contribution in [1.82, 2.24) is 0 Å². The number of thiophene rings is 1. The lowest BCUT2D eigenvalue weighted by atomic mass is 10.3. The van der Waals surface area contributed by atoms with E-state index in [0.717, 1.165) is 19.4 Å². The van der Waals surface area contributed by atoms with Gasteiger partial charge in [0.2, 0.25) is 0 Å². The average Bonchev–Trinajstić information content (AvgIpc) is 2.46. The van der Waals surface area contributed by atoms with E-state index in [-0.39, 0.29) is 0 Å². The highest BCUT2D eigenvalue weighted by Crippen LogP contribution is 2.23. The van der Waals surface area contributed by atoms with E-state index >= 15 is 0 Å². The van der Waals surface area contributed by atoms with Crippen LogP contribution in [-0.2, 0) is 6.42 Å². The second-order valence-electron chi connectivity index (χ2n) is 2.44. The van der Waals surface area contributed by atoms with Crippen molar-refractivity contribution in [1.29, 1.82) is 0 Å². The van der Waals surface area contributed by atoms with Crippen LogP contribution in [0.4, 0.5) is 0 Å². The molecule has 0 aromatic carbocycles. The zero-order valence-corrected chi connectivity index (χ0v) is 9.20. The zero-order valence-electron chi connectivity index (χ0n) is 6.79. The topological polar surface area (TPSA) is 26.0 Å². The van der Waals surface area contributed by atoms with Crippen molar-refractivity contribution in [3.63, 3.8) is 0 Å². The van der Waals surface area contributed by atoms with Crippen molar-refractivity contribution in [2.24, 2.45) is 5.73 Å². The van der Waals surface area contributed by atoms with E-state index in [1.54, 1.807) is 11.3 Å². The molecule has 0 unspecified atom stereocenters. The fourth-order valence-electron chi connectivity index (χ4n) is 0.875. The van der Waals surface area contributed by atoms with Crippen molar-refractivity contribution in [3.8, 4) is 0 Å². The minimum atomic E-state index is 0.738. The number of rotatable bonds is 4. The number of hydrogen-bond acceptors (Lipinski definition) is 2. The summed E-state index contributed by atoms with van der Waals surface area (Å²) >= 11 is 5.27. The van der Waals surface area contributed by atoms with Gasteiger partial charge in [0.25, 0.3) is 0 Å². The van der Waals surface area contributed by atoms with E-state index in [0.29, 0.717) is 0 Å². The van der Waals surface area contributed by atoms with E-state index in [1.165, 1.54) is 9.35 Å². The number of allylic oxidation sites excluding steroid dienone is 1. The lowest BCUT2D eigenvalue weighted by Crippen LogP contribution is -1.95. The first-order valence-electron chi connectivity index (χ1n) is 3.91. The van der Waals surface area contributed by atoms with Crippen LogP contribution in [0.25, 0.3) is 0 Å². The van der Waals surface area contributed by atoms with Crippen LogP contribution in [0.5, 0.6) is 0 Å². The van der Waals surface area contributed by atoms with Crippen LogP contribution in [0.15, 0.2) is 28.1 Å². The molecule has 1 aromatic heterocycles. The molecule has 1 aromatic rings. The second kappa shape index (κ2) is 5.51. The van der Waals surface area contributed by atoms with Gasteiger partial charge in [0.05, 0.1) is 0 Å². The van der Waals surface area contributed by atoms with Crippen LogP contribution in [0.3, 0.4) is 0 Å². The van der Waals surface area contributed by atoms with Gasteiger partial charge in [-0.1, -0.05) is 12.2 Å². The summed E-state index contributed by atoms with van der Waals surface area (Å²) in [6, 6.07) is 2.08. The Bertz CT molecular complexity index is 255. The summed E-state index contributed by atoms with van der Waals surface area (Å²) in [5.41, 5.74) is 5.36. The van der Waals surface area contributed by atoms with Crippen molar-refractivity contribution in [2.45, 2.75) is 12.8 Å². The minimum absolute atomic E-state index is 0.738. The maximum atomic E-state index is 5.36. The molecule has 0 aliphatic rings. The van der Waals surface area contributed by atoms with E-state index in [4.69, 9.17) is 5.73 Å². The van der Waals surface area contributed by atoms with Crippen molar-refractivity contribution >= 4 is 27.3 Å². The minimum Gasteiger partial charge on any atom is -0.330 e. The fourth-order valence-corrected chi connectivity index (χ4v) is 2.37. The van der Waals surface area contributed by atoms with Crippen LogP contribution in [0.1, 0.15) is 11.3 Å². The molecule has 12 heavy (non-hydrogen) atoms. The lowest BCUT2D eigenvalue weighted by molar-refractivity contribution is 1.00. The molecule has 66 valence electrons. The van der Waals surface area contributed by atoms with E-state index in [1.807, 2.05) is 0 Å². The van der Waals surface area contributed by atoms with Crippen molar-refractivity contribution < 1.29 is 0 Å². The molecule has 3 heteroatoms. The van der Waals surface area contributed by atoms with Gasteiger partial charge in [-0.3, -0.25) is 0 Å². The molecular formula is C9H12BrNS. The van der Waals surface area contributed by atoms with Gasteiger partial charge >= 0.3 is 0 Å². The summed E-state index contributed by atoms with van der Waals surface area (Å²) in [7, 11) is 0. The summed E-state index contributed by atoms with van der Waals surface area (Å²) in [6.07, 6.45) is 6.29. The molecule has 0 radical (unpaired) electrons. The van der Waals surface area contributed by atoms with E-state index in [2.05, 4.69) is 39.5 Å². The maximum absolute atomic E-state index is 5.36. The molecule has 0 aliphatic heterocycles. The Labute approximate surface area is 85.4 Å². The Balaban J connectivity index is 2.37. The third kappa shape index (κ3) is 3.09. The molecule has 0 saturated heterocycles. The molecule has 0 saturated carbocycles. The number of nitrogens with two attached hydrogens (primary N) is 1. The monoisotopic (exact) mass is 245 g/mol. The Morgan fingerprint density at radius 3 is 2.92 bits per heavy atom. The highest BCUT2D eigenvalue weighted by atomic mass is 79.9. The third-order valence-electron chi connectivity index (χ3n) is 1.49. The first-order chi connectivity index (χ1) is 5.84. The van der Waals surface area contributed by atoms with Crippen LogP contribution in [-0.4, -0.2) is 6.54 Å². The van der Waals surface area contributed by atoms with Gasteiger partial charge in [0.1, 0.15) is 0 Å². The largest absolute Gasteiger partial charge is 0.330 e. The number of hydrogen-bond donors (Lipinski definition) is 1. The summed E-state index contributed by atoms with van der Waals surface area (Å²) in [5.74, 6) is 0. The molecule has 0 amide bonds. The summed E-state index contributed by atoms with van der Waals surface area (Å²) in [4.78, 5) is 1.38. The molecule has 0 fully saturated rings. The fraction of sp³-hybridized carbons (Fsp3) is 0.333. The van der Waals surface area contributed by atoms with Gasteiger partial charge in [-0.25, -0.2) is 0 Å². The molecule has 1 rings (SSSR count). The summed E-state index contributed by atoms with van der Waals surface area (Å²) < 4.78 is 1.21. The molecule has 0 bridgehead atoms. The van der Waals surface area contributed by atoms with Gasteiger partial charge in [-0.05, 0) is 40.3 Å². The van der Waals surface area contributed by atoms with E-state index in [9.17, 15) is 0 Å². The van der Waals surface area contributed by atoms with Gasteiger partial charge < -0.3 is 5.73 Å². The predicted octanol–water partition coefficient (Wildman–Crippen LogP) is 2.96. The van der Waals surface area contributed by atoms with Crippen LogP contribution >= 0.6 is 27.3 Å². The highest BCUT2D eigenvalue weighted by Gasteiger charge is 1.96. The quantitative estimate of drug-likeness (QED) is 0.812. The van der Waals surface area contributed by atoms with Gasteiger partial charge in [-0.15, -0.1) is 11.3 Å². The highest BCUT2D eigenvalue weighted by molar-refractivity contribution is 9.10. The Kier molecular flexibility index (Phi) is 4.58. The SMILES string of the molecule is NCCC=CCc1sccc1Br. The van der Waals surface area contributed by atoms with Crippen LogP contribution < -0.4 is 5.73 Å². The first kappa shape index (κ1) is 9.96. The molecule has 1 heterocycles. The van der Waals surface area contributed by atoms with Crippen molar-refractivity contribution in [3.05, 3.63) is 32.9 Å². The molecule has 0 aliphatic carbocycles. The van der Waals surface area contributed by atoms with Crippen LogP contribution in [0.2, 0.25) is 0 Å².